The third-order valence-electron chi connectivity index (χ3n) is 9.63. The Kier molecular flexibility index (Phi) is 8.14. The number of nitrogens with zero attached hydrogens (tertiary/aromatic N) is 2. The van der Waals surface area contributed by atoms with Gasteiger partial charge in [-0.15, -0.1) is 0 Å². The number of ether oxygens (including phenoxy) is 4. The van der Waals surface area contributed by atoms with Gasteiger partial charge in [-0.1, -0.05) is 87.3 Å². The molecule has 4 aliphatic heterocycles. The molecule has 0 spiro atoms. The van der Waals surface area contributed by atoms with Crippen molar-refractivity contribution in [3.8, 4) is 0 Å². The van der Waals surface area contributed by atoms with Crippen LogP contribution >= 0.6 is 23.2 Å². The van der Waals surface area contributed by atoms with Gasteiger partial charge in [0.15, 0.2) is 0 Å². The van der Waals surface area contributed by atoms with Crippen LogP contribution in [0.1, 0.15) is 49.9 Å². The van der Waals surface area contributed by atoms with Crippen LogP contribution in [0, 0.1) is 0 Å². The molecule has 7 rings (SSSR count). The van der Waals surface area contributed by atoms with Gasteiger partial charge in [0, 0.05) is 37.0 Å². The van der Waals surface area contributed by atoms with Crippen LogP contribution in [0.4, 0.5) is 11.4 Å². The molecule has 0 N–H and O–H groups in total. The summed E-state index contributed by atoms with van der Waals surface area (Å²) in [7, 11) is 0. The van der Waals surface area contributed by atoms with Gasteiger partial charge in [0.25, 0.3) is 0 Å². The third-order valence-corrected chi connectivity index (χ3v) is 10.2. The fourth-order valence-corrected chi connectivity index (χ4v) is 6.75. The zero-order valence-electron chi connectivity index (χ0n) is 26.0. The first-order valence-corrected chi connectivity index (χ1v) is 16.5. The molecule has 6 nitrogen and oxygen atoms in total. The molecule has 3 aromatic carbocycles. The summed E-state index contributed by atoms with van der Waals surface area (Å²) in [5, 5.41) is 1.53. The van der Waals surface area contributed by atoms with Crippen molar-refractivity contribution in [2.75, 3.05) is 62.4 Å². The zero-order valence-corrected chi connectivity index (χ0v) is 27.5. The van der Waals surface area contributed by atoms with Gasteiger partial charge in [-0.05, 0) is 46.5 Å². The third kappa shape index (κ3) is 6.76. The van der Waals surface area contributed by atoms with E-state index in [9.17, 15) is 0 Å². The van der Waals surface area contributed by atoms with E-state index >= 15 is 0 Å². The van der Waals surface area contributed by atoms with Crippen LogP contribution in [0.15, 0.2) is 60.7 Å². The Morgan fingerprint density at radius 3 is 1.16 bits per heavy atom. The van der Waals surface area contributed by atoms with Crippen molar-refractivity contribution in [2.45, 2.75) is 62.9 Å². The first-order chi connectivity index (χ1) is 21.1. The van der Waals surface area contributed by atoms with Gasteiger partial charge in [0.2, 0.25) is 0 Å². The van der Waals surface area contributed by atoms with Crippen molar-refractivity contribution in [1.82, 2.24) is 0 Å². The zero-order chi connectivity index (χ0) is 30.6. The number of benzene rings is 3. The molecule has 4 atom stereocenters. The van der Waals surface area contributed by atoms with Gasteiger partial charge in [0.1, 0.15) is 0 Å². The van der Waals surface area contributed by atoms with Crippen LogP contribution in [-0.4, -0.2) is 77.0 Å². The molecule has 4 saturated heterocycles. The van der Waals surface area contributed by atoms with Crippen LogP contribution < -0.4 is 9.80 Å². The summed E-state index contributed by atoms with van der Waals surface area (Å²) in [6.45, 7) is 15.7. The lowest BCUT2D eigenvalue weighted by Gasteiger charge is -2.32. The fourth-order valence-electron chi connectivity index (χ4n) is 6.15. The predicted octanol–water partition coefficient (Wildman–Crippen LogP) is 6.85. The van der Waals surface area contributed by atoms with E-state index in [0.717, 1.165) is 74.0 Å². The highest BCUT2D eigenvalue weighted by atomic mass is 35.5. The molecule has 0 saturated carbocycles. The van der Waals surface area contributed by atoms with E-state index in [0.29, 0.717) is 0 Å². The highest BCUT2D eigenvalue weighted by Crippen LogP contribution is 2.41. The minimum atomic E-state index is -0.254. The molecule has 4 heterocycles. The van der Waals surface area contributed by atoms with E-state index in [-0.39, 0.29) is 35.2 Å². The van der Waals surface area contributed by atoms with Crippen molar-refractivity contribution in [3.05, 3.63) is 93.0 Å². The van der Waals surface area contributed by atoms with Crippen LogP contribution in [0.3, 0.4) is 0 Å². The molecular formula is C36H42Cl2N2O4. The molecule has 234 valence electrons. The van der Waals surface area contributed by atoms with Crippen molar-refractivity contribution >= 4 is 34.6 Å². The van der Waals surface area contributed by atoms with Crippen molar-refractivity contribution in [1.29, 1.82) is 0 Å². The lowest BCUT2D eigenvalue weighted by molar-refractivity contribution is 0.388. The second-order valence-corrected chi connectivity index (χ2v) is 14.6. The first kappa shape index (κ1) is 30.3. The van der Waals surface area contributed by atoms with Gasteiger partial charge >= 0.3 is 0 Å². The fraction of sp³-hybridized carbons (Fsp3) is 0.500. The molecule has 3 aromatic rings. The smallest absolute Gasteiger partial charge is 0.0984 e. The Balaban J connectivity index is 1.12. The SMILES string of the molecule is CC(C)(c1cccc(C(C)(C)c2ccc(N(CC3CO3)CC3CO3)c(Cl)c2)c1)c1ccc(N(CC2CO2)CC2CO2)c(Cl)c1. The van der Waals surface area contributed by atoms with Crippen LogP contribution in [0.25, 0.3) is 0 Å². The van der Waals surface area contributed by atoms with Crippen LogP contribution in [-0.2, 0) is 29.8 Å². The largest absolute Gasteiger partial charge is 0.371 e. The quantitative estimate of drug-likeness (QED) is 0.180. The average Bonchev–Trinajstić information content (AvgIpc) is 3.79. The molecule has 4 fully saturated rings. The van der Waals surface area contributed by atoms with Gasteiger partial charge in [0.05, 0.1) is 72.3 Å². The molecule has 8 heteroatoms. The molecular weight excluding hydrogens is 595 g/mol. The Morgan fingerprint density at radius 2 is 0.864 bits per heavy atom. The van der Waals surface area contributed by atoms with E-state index in [1.54, 1.807) is 0 Å². The Morgan fingerprint density at radius 1 is 0.545 bits per heavy atom. The first-order valence-electron chi connectivity index (χ1n) is 15.8. The molecule has 44 heavy (non-hydrogen) atoms. The van der Waals surface area contributed by atoms with Gasteiger partial charge < -0.3 is 28.7 Å². The molecule has 0 aliphatic carbocycles. The van der Waals surface area contributed by atoms with Crippen LogP contribution in [0.5, 0.6) is 0 Å². The topological polar surface area (TPSA) is 56.6 Å². The summed E-state index contributed by atoms with van der Waals surface area (Å²) in [4.78, 5) is 4.62. The standard InChI is InChI=1S/C36H42Cl2N2O4/c1-35(2,25-8-10-33(31(37)13-25)39(15-27-19-41-27)16-28-20-42-28)23-6-5-7-24(12-23)36(3,4)26-9-11-34(32(38)14-26)40(17-29-21-43-29)18-30-22-44-30/h5-14,27-30H,15-22H2,1-4H3. The number of halogens is 2. The minimum absolute atomic E-state index is 0.254. The maximum absolute atomic E-state index is 6.97. The van der Waals surface area contributed by atoms with E-state index in [4.69, 9.17) is 42.1 Å². The number of hydrogen-bond acceptors (Lipinski definition) is 6. The van der Waals surface area contributed by atoms with Gasteiger partial charge in [-0.25, -0.2) is 0 Å². The molecule has 4 unspecified atom stereocenters. The van der Waals surface area contributed by atoms with Crippen molar-refractivity contribution in [3.63, 3.8) is 0 Å². The number of anilines is 2. The number of epoxide rings is 4. The number of rotatable bonds is 14. The maximum Gasteiger partial charge on any atom is 0.0984 e. The molecule has 4 aliphatic rings. The predicted molar refractivity (Wildman–Crippen MR) is 177 cm³/mol. The lowest BCUT2D eigenvalue weighted by Crippen LogP contribution is -2.32. The monoisotopic (exact) mass is 636 g/mol. The van der Waals surface area contributed by atoms with Crippen molar-refractivity contribution < 1.29 is 18.9 Å². The Bertz CT molecular complexity index is 1370. The second-order valence-electron chi connectivity index (χ2n) is 13.8. The maximum atomic E-state index is 6.97. The highest BCUT2D eigenvalue weighted by Gasteiger charge is 2.34. The van der Waals surface area contributed by atoms with E-state index in [2.05, 4.69) is 98.2 Å². The van der Waals surface area contributed by atoms with Gasteiger partial charge in [-0.2, -0.15) is 0 Å². The second kappa shape index (κ2) is 11.8. The lowest BCUT2D eigenvalue weighted by atomic mass is 9.73. The van der Waals surface area contributed by atoms with E-state index in [1.807, 2.05) is 0 Å². The van der Waals surface area contributed by atoms with Crippen LogP contribution in [0.2, 0.25) is 10.0 Å². The molecule has 0 bridgehead atoms. The molecule has 0 radical (unpaired) electrons. The highest BCUT2D eigenvalue weighted by molar-refractivity contribution is 6.33. The Labute approximate surface area is 271 Å². The van der Waals surface area contributed by atoms with E-state index < -0.39 is 0 Å². The minimum Gasteiger partial charge on any atom is -0.371 e. The summed E-state index contributed by atoms with van der Waals surface area (Å²) in [6, 6.07) is 22.0. The molecule has 0 aromatic heterocycles. The summed E-state index contributed by atoms with van der Waals surface area (Å²) in [5.74, 6) is 0. The van der Waals surface area contributed by atoms with Gasteiger partial charge in [-0.3, -0.25) is 0 Å². The molecule has 0 amide bonds. The average molecular weight is 638 g/mol. The summed E-state index contributed by atoms with van der Waals surface area (Å²) in [5.41, 5.74) is 6.41. The Hall–Kier alpha value is -2.32. The van der Waals surface area contributed by atoms with E-state index in [1.165, 1.54) is 22.3 Å². The summed E-state index contributed by atoms with van der Waals surface area (Å²) in [6.07, 6.45) is 1.14. The summed E-state index contributed by atoms with van der Waals surface area (Å²) < 4.78 is 22.1. The summed E-state index contributed by atoms with van der Waals surface area (Å²) >= 11 is 13.9. The van der Waals surface area contributed by atoms with Crippen molar-refractivity contribution in [2.24, 2.45) is 0 Å². The number of hydrogen-bond donors (Lipinski definition) is 0. The normalized spacial score (nSPS) is 23.8.